The van der Waals surface area contributed by atoms with Crippen molar-refractivity contribution in [3.63, 3.8) is 0 Å². The third-order valence-corrected chi connectivity index (χ3v) is 5.56. The van der Waals surface area contributed by atoms with Crippen LogP contribution in [0.1, 0.15) is 0 Å². The number of urea groups is 1. The van der Waals surface area contributed by atoms with Crippen molar-refractivity contribution in [1.82, 2.24) is 9.62 Å². The lowest BCUT2D eigenvalue weighted by atomic mass is 10.1. The molecule has 0 radical (unpaired) electrons. The first kappa shape index (κ1) is 17.6. The number of nitrogens with one attached hydrogen (secondary N) is 2. The Labute approximate surface area is 134 Å². The highest BCUT2D eigenvalue weighted by Crippen LogP contribution is 2.17. The number of benzene rings is 1. The van der Waals surface area contributed by atoms with Gasteiger partial charge in [0.1, 0.15) is 5.82 Å². The number of rotatable bonds is 5. The van der Waals surface area contributed by atoms with Gasteiger partial charge in [0.2, 0.25) is 10.0 Å². The lowest BCUT2D eigenvalue weighted by Crippen LogP contribution is -2.45. The second-order valence-corrected chi connectivity index (χ2v) is 7.80. The van der Waals surface area contributed by atoms with Gasteiger partial charge in [0, 0.05) is 25.7 Å². The Bertz CT molecular complexity index is 648. The molecule has 1 fully saturated rings. The zero-order valence-electron chi connectivity index (χ0n) is 13.0. The van der Waals surface area contributed by atoms with Gasteiger partial charge < -0.3 is 15.4 Å². The molecule has 0 bridgehead atoms. The molecule has 1 saturated heterocycles. The van der Waals surface area contributed by atoms with Crippen LogP contribution in [0.15, 0.2) is 24.3 Å². The van der Waals surface area contributed by atoms with E-state index in [9.17, 15) is 17.6 Å². The van der Waals surface area contributed by atoms with Gasteiger partial charge in [0.15, 0.2) is 0 Å². The number of carbonyl (C=O) groups is 1. The molecule has 0 spiro atoms. The molecule has 1 aromatic carbocycles. The predicted molar refractivity (Wildman–Crippen MR) is 84.1 cm³/mol. The predicted octanol–water partition coefficient (Wildman–Crippen LogP) is 0.854. The summed E-state index contributed by atoms with van der Waals surface area (Å²) < 4.78 is 43.2. The quantitative estimate of drug-likeness (QED) is 0.828. The van der Waals surface area contributed by atoms with Crippen LogP contribution in [-0.4, -0.2) is 57.9 Å². The van der Waals surface area contributed by atoms with Crippen molar-refractivity contribution < 1.29 is 22.3 Å². The number of halogens is 1. The zero-order valence-corrected chi connectivity index (χ0v) is 13.8. The molecule has 2 rings (SSSR count). The summed E-state index contributed by atoms with van der Waals surface area (Å²) in [6.45, 7) is 0.527. The summed E-state index contributed by atoms with van der Waals surface area (Å²) in [6.07, 6.45) is 0. The summed E-state index contributed by atoms with van der Waals surface area (Å²) in [6, 6.07) is 4.47. The van der Waals surface area contributed by atoms with Crippen molar-refractivity contribution in [3.05, 3.63) is 30.1 Å². The molecule has 23 heavy (non-hydrogen) atoms. The van der Waals surface area contributed by atoms with Crippen LogP contribution in [0.3, 0.4) is 0 Å². The van der Waals surface area contributed by atoms with Crippen LogP contribution in [0, 0.1) is 11.7 Å². The van der Waals surface area contributed by atoms with Gasteiger partial charge in [-0.05, 0) is 24.3 Å². The summed E-state index contributed by atoms with van der Waals surface area (Å²) >= 11 is 0. The average Bonchev–Trinajstić information content (AvgIpc) is 2.87. The van der Waals surface area contributed by atoms with Crippen LogP contribution in [0.4, 0.5) is 14.9 Å². The fourth-order valence-electron chi connectivity index (χ4n) is 2.21. The minimum absolute atomic E-state index is 0.0957. The summed E-state index contributed by atoms with van der Waals surface area (Å²) in [5.74, 6) is -0.808. The lowest BCUT2D eigenvalue weighted by molar-refractivity contribution is 0.184. The summed E-state index contributed by atoms with van der Waals surface area (Å²) in [7, 11) is -0.440. The Balaban J connectivity index is 1.93. The maximum Gasteiger partial charge on any atom is 0.319 e. The minimum atomic E-state index is -3.37. The van der Waals surface area contributed by atoms with Crippen LogP contribution in [-0.2, 0) is 14.8 Å². The number of nitrogens with zero attached hydrogens (tertiary/aromatic N) is 1. The molecule has 1 aliphatic rings. The first-order chi connectivity index (χ1) is 10.8. The first-order valence-electron chi connectivity index (χ1n) is 7.09. The van der Waals surface area contributed by atoms with Crippen molar-refractivity contribution in [2.45, 2.75) is 6.04 Å². The summed E-state index contributed by atoms with van der Waals surface area (Å²) in [5.41, 5.74) is 0.445. The molecule has 0 unspecified atom stereocenters. The standard InChI is InChI=1S/C14H20FN3O4S/c1-18(2)23(20,21)9-10-7-22-8-13(10)17-14(19)16-12-5-3-11(15)4-6-12/h3-6,10,13H,7-9H2,1-2H3,(H2,16,17,19)/t10-,13-/m0/s1. The maximum absolute atomic E-state index is 12.8. The van der Waals surface area contributed by atoms with Gasteiger partial charge in [0.25, 0.3) is 0 Å². The lowest BCUT2D eigenvalue weighted by Gasteiger charge is -2.21. The SMILES string of the molecule is CN(C)S(=O)(=O)C[C@@H]1COC[C@@H]1NC(=O)Nc1ccc(F)cc1. The highest BCUT2D eigenvalue weighted by atomic mass is 32.2. The Morgan fingerprint density at radius 3 is 2.57 bits per heavy atom. The molecule has 128 valence electrons. The third kappa shape index (κ3) is 4.88. The molecule has 7 nitrogen and oxygen atoms in total. The molecule has 2 amide bonds. The van der Waals surface area contributed by atoms with Crippen LogP contribution >= 0.6 is 0 Å². The van der Waals surface area contributed by atoms with Crippen LogP contribution in [0.25, 0.3) is 0 Å². The van der Waals surface area contributed by atoms with Gasteiger partial charge in [-0.1, -0.05) is 0 Å². The van der Waals surface area contributed by atoms with Gasteiger partial charge in [-0.3, -0.25) is 0 Å². The monoisotopic (exact) mass is 345 g/mol. The van der Waals surface area contributed by atoms with Crippen molar-refractivity contribution in [3.8, 4) is 0 Å². The van der Waals surface area contributed by atoms with E-state index in [4.69, 9.17) is 4.74 Å². The zero-order chi connectivity index (χ0) is 17.0. The van der Waals surface area contributed by atoms with E-state index >= 15 is 0 Å². The molecule has 1 aliphatic heterocycles. The van der Waals surface area contributed by atoms with Crippen molar-refractivity contribution in [2.24, 2.45) is 5.92 Å². The molecule has 1 heterocycles. The van der Waals surface area contributed by atoms with E-state index in [2.05, 4.69) is 10.6 Å². The Morgan fingerprint density at radius 2 is 1.96 bits per heavy atom. The van der Waals surface area contributed by atoms with Crippen molar-refractivity contribution in [1.29, 1.82) is 0 Å². The highest BCUT2D eigenvalue weighted by molar-refractivity contribution is 7.89. The second kappa shape index (κ2) is 7.24. The van der Waals surface area contributed by atoms with Crippen LogP contribution in [0.5, 0.6) is 0 Å². The fraction of sp³-hybridized carbons (Fsp3) is 0.500. The molecule has 1 aromatic rings. The fourth-order valence-corrected chi connectivity index (χ4v) is 3.38. The number of hydrogen-bond acceptors (Lipinski definition) is 4. The number of ether oxygens (including phenoxy) is 1. The van der Waals surface area contributed by atoms with Gasteiger partial charge in [-0.25, -0.2) is 21.9 Å². The molecule has 9 heteroatoms. The Hall–Kier alpha value is -1.71. The smallest absolute Gasteiger partial charge is 0.319 e. The Kier molecular flexibility index (Phi) is 5.55. The molecule has 0 aromatic heterocycles. The van der Waals surface area contributed by atoms with Gasteiger partial charge >= 0.3 is 6.03 Å². The van der Waals surface area contributed by atoms with E-state index in [1.54, 1.807) is 0 Å². The van der Waals surface area contributed by atoms with Crippen LogP contribution < -0.4 is 10.6 Å². The second-order valence-electron chi connectivity index (χ2n) is 5.57. The van der Waals surface area contributed by atoms with E-state index < -0.39 is 27.9 Å². The van der Waals surface area contributed by atoms with Crippen LogP contribution in [0.2, 0.25) is 0 Å². The minimum Gasteiger partial charge on any atom is -0.379 e. The molecule has 2 N–H and O–H groups in total. The van der Waals surface area contributed by atoms with E-state index in [0.717, 1.165) is 4.31 Å². The van der Waals surface area contributed by atoms with E-state index in [-0.39, 0.29) is 24.9 Å². The molecule has 0 saturated carbocycles. The maximum atomic E-state index is 12.8. The van der Waals surface area contributed by atoms with E-state index in [0.29, 0.717) is 5.69 Å². The highest BCUT2D eigenvalue weighted by Gasteiger charge is 2.34. The van der Waals surface area contributed by atoms with Gasteiger partial charge in [-0.2, -0.15) is 0 Å². The summed E-state index contributed by atoms with van der Waals surface area (Å²) in [4.78, 5) is 12.0. The van der Waals surface area contributed by atoms with E-state index in [1.165, 1.54) is 38.4 Å². The number of amides is 2. The number of hydrogen-bond donors (Lipinski definition) is 2. The largest absolute Gasteiger partial charge is 0.379 e. The molecular formula is C14H20FN3O4S. The number of anilines is 1. The van der Waals surface area contributed by atoms with E-state index in [1.807, 2.05) is 0 Å². The third-order valence-electron chi connectivity index (χ3n) is 3.60. The molecule has 0 aliphatic carbocycles. The number of carbonyl (C=O) groups excluding carboxylic acids is 1. The van der Waals surface area contributed by atoms with Gasteiger partial charge in [0.05, 0.1) is 25.0 Å². The topological polar surface area (TPSA) is 87.7 Å². The molecule has 2 atom stereocenters. The molecular weight excluding hydrogens is 325 g/mol. The average molecular weight is 345 g/mol. The van der Waals surface area contributed by atoms with Crippen molar-refractivity contribution >= 4 is 21.7 Å². The normalized spacial score (nSPS) is 21.4. The van der Waals surface area contributed by atoms with Crippen molar-refractivity contribution in [2.75, 3.05) is 38.4 Å². The Morgan fingerprint density at radius 1 is 1.30 bits per heavy atom. The number of sulfonamides is 1. The van der Waals surface area contributed by atoms with Gasteiger partial charge in [-0.15, -0.1) is 0 Å². The summed E-state index contributed by atoms with van der Waals surface area (Å²) in [5, 5.41) is 5.27. The first-order valence-corrected chi connectivity index (χ1v) is 8.70.